The highest BCUT2D eigenvalue weighted by Crippen LogP contribution is 2.18. The number of amides is 1. The van der Waals surface area contributed by atoms with Crippen LogP contribution >= 0.6 is 0 Å². The van der Waals surface area contributed by atoms with Crippen LogP contribution in [0.4, 0.5) is 5.82 Å². The number of hydrogen-bond acceptors (Lipinski definition) is 6. The van der Waals surface area contributed by atoms with Crippen molar-refractivity contribution in [2.24, 2.45) is 0 Å². The van der Waals surface area contributed by atoms with Crippen LogP contribution in [0.1, 0.15) is 36.2 Å². The molecule has 0 aromatic carbocycles. The van der Waals surface area contributed by atoms with Crippen molar-refractivity contribution in [3.63, 3.8) is 0 Å². The van der Waals surface area contributed by atoms with Gasteiger partial charge in [0.05, 0.1) is 18.9 Å². The largest absolute Gasteiger partial charge is 0.378 e. The average molecular weight is 383 g/mol. The second kappa shape index (κ2) is 8.10. The SMILES string of the molecule is CC(C(=O)NCc1ccnc(N2CCOCC2)c1)n1nc2c(cc1=O)CCC2. The van der Waals surface area contributed by atoms with Gasteiger partial charge in [0.15, 0.2) is 0 Å². The fourth-order valence-electron chi connectivity index (χ4n) is 3.68. The highest BCUT2D eigenvalue weighted by molar-refractivity contribution is 5.79. The molecule has 8 heteroatoms. The second-order valence-corrected chi connectivity index (χ2v) is 7.27. The third-order valence-corrected chi connectivity index (χ3v) is 5.34. The highest BCUT2D eigenvalue weighted by atomic mass is 16.5. The topological polar surface area (TPSA) is 89.3 Å². The molecule has 0 spiro atoms. The fourth-order valence-corrected chi connectivity index (χ4v) is 3.68. The Morgan fingerprint density at radius 1 is 1.29 bits per heavy atom. The Kier molecular flexibility index (Phi) is 5.38. The van der Waals surface area contributed by atoms with Crippen molar-refractivity contribution in [1.29, 1.82) is 0 Å². The lowest BCUT2D eigenvalue weighted by molar-refractivity contribution is -0.124. The molecule has 3 heterocycles. The number of fused-ring (bicyclic) bond motifs is 1. The second-order valence-electron chi connectivity index (χ2n) is 7.27. The maximum absolute atomic E-state index is 12.6. The number of aromatic nitrogens is 3. The maximum atomic E-state index is 12.6. The molecular formula is C20H25N5O3. The molecule has 1 atom stereocenters. The van der Waals surface area contributed by atoms with Gasteiger partial charge in [-0.1, -0.05) is 0 Å². The molecule has 148 valence electrons. The minimum absolute atomic E-state index is 0.221. The number of nitrogens with zero attached hydrogens (tertiary/aromatic N) is 4. The van der Waals surface area contributed by atoms with E-state index in [9.17, 15) is 9.59 Å². The molecule has 8 nitrogen and oxygen atoms in total. The first-order valence-corrected chi connectivity index (χ1v) is 9.79. The van der Waals surface area contributed by atoms with E-state index in [-0.39, 0.29) is 11.5 Å². The first-order valence-electron chi connectivity index (χ1n) is 9.79. The van der Waals surface area contributed by atoms with Gasteiger partial charge in [0.2, 0.25) is 5.91 Å². The lowest BCUT2D eigenvalue weighted by Gasteiger charge is -2.28. The predicted molar refractivity (Wildman–Crippen MR) is 104 cm³/mol. The zero-order valence-electron chi connectivity index (χ0n) is 16.1. The Labute approximate surface area is 163 Å². The third kappa shape index (κ3) is 3.91. The summed E-state index contributed by atoms with van der Waals surface area (Å²) in [6.45, 7) is 5.10. The number of nitrogens with one attached hydrogen (secondary N) is 1. The van der Waals surface area contributed by atoms with Crippen molar-refractivity contribution in [2.75, 3.05) is 31.2 Å². The minimum Gasteiger partial charge on any atom is -0.378 e. The van der Waals surface area contributed by atoms with Gasteiger partial charge >= 0.3 is 0 Å². The van der Waals surface area contributed by atoms with E-state index in [1.807, 2.05) is 12.1 Å². The zero-order valence-corrected chi connectivity index (χ0v) is 16.1. The summed E-state index contributed by atoms with van der Waals surface area (Å²) < 4.78 is 6.67. The predicted octanol–water partition coefficient (Wildman–Crippen LogP) is 0.841. The molecule has 2 aromatic rings. The summed E-state index contributed by atoms with van der Waals surface area (Å²) in [5.74, 6) is 0.664. The lowest BCUT2D eigenvalue weighted by atomic mass is 10.2. The van der Waals surface area contributed by atoms with Crippen LogP contribution in [-0.4, -0.2) is 47.0 Å². The summed E-state index contributed by atoms with van der Waals surface area (Å²) in [6.07, 6.45) is 4.53. The molecule has 1 aliphatic heterocycles. The Balaban J connectivity index is 1.41. The number of pyridine rings is 1. The van der Waals surface area contributed by atoms with Crippen LogP contribution in [0.3, 0.4) is 0 Å². The van der Waals surface area contributed by atoms with E-state index in [1.165, 1.54) is 4.68 Å². The van der Waals surface area contributed by atoms with E-state index < -0.39 is 6.04 Å². The van der Waals surface area contributed by atoms with Gasteiger partial charge < -0.3 is 15.0 Å². The van der Waals surface area contributed by atoms with Crippen LogP contribution in [0, 0.1) is 0 Å². The van der Waals surface area contributed by atoms with E-state index in [0.29, 0.717) is 19.8 Å². The molecule has 1 N–H and O–H groups in total. The Morgan fingerprint density at radius 2 is 2.11 bits per heavy atom. The average Bonchev–Trinajstić information content (AvgIpc) is 3.19. The van der Waals surface area contributed by atoms with Crippen LogP contribution < -0.4 is 15.8 Å². The van der Waals surface area contributed by atoms with Crippen LogP contribution in [0.25, 0.3) is 0 Å². The summed E-state index contributed by atoms with van der Waals surface area (Å²) in [5.41, 5.74) is 2.69. The molecule has 4 rings (SSSR count). The molecule has 28 heavy (non-hydrogen) atoms. The molecule has 1 unspecified atom stereocenters. The molecule has 2 aromatic heterocycles. The minimum atomic E-state index is -0.654. The standard InChI is InChI=1S/C20H25N5O3/c1-14(25-19(26)12-16-3-2-4-17(16)23-25)20(27)22-13-15-5-6-21-18(11-15)24-7-9-28-10-8-24/h5-6,11-12,14H,2-4,7-10,13H2,1H3,(H,22,27). The third-order valence-electron chi connectivity index (χ3n) is 5.34. The van der Waals surface area contributed by atoms with Gasteiger partial charge in [0, 0.05) is 31.9 Å². The van der Waals surface area contributed by atoms with Gasteiger partial charge in [-0.25, -0.2) is 9.67 Å². The normalized spacial score (nSPS) is 17.2. The lowest BCUT2D eigenvalue weighted by Crippen LogP contribution is -2.37. The molecule has 1 saturated heterocycles. The van der Waals surface area contributed by atoms with Gasteiger partial charge in [-0.3, -0.25) is 9.59 Å². The van der Waals surface area contributed by atoms with Crippen molar-refractivity contribution in [1.82, 2.24) is 20.1 Å². The smallest absolute Gasteiger partial charge is 0.267 e. The van der Waals surface area contributed by atoms with Crippen molar-refractivity contribution >= 4 is 11.7 Å². The zero-order chi connectivity index (χ0) is 19.5. The van der Waals surface area contributed by atoms with Crippen molar-refractivity contribution in [2.45, 2.75) is 38.8 Å². The number of hydrogen-bond donors (Lipinski definition) is 1. The fraction of sp³-hybridized carbons (Fsp3) is 0.500. The van der Waals surface area contributed by atoms with E-state index >= 15 is 0 Å². The van der Waals surface area contributed by atoms with Crippen LogP contribution in [-0.2, 0) is 28.9 Å². The van der Waals surface area contributed by atoms with Gasteiger partial charge in [0.25, 0.3) is 5.56 Å². The van der Waals surface area contributed by atoms with E-state index in [1.54, 1.807) is 19.2 Å². The van der Waals surface area contributed by atoms with Gasteiger partial charge in [-0.05, 0) is 49.4 Å². The number of rotatable bonds is 5. The summed E-state index contributed by atoms with van der Waals surface area (Å²) in [7, 11) is 0. The quantitative estimate of drug-likeness (QED) is 0.823. The molecule has 0 radical (unpaired) electrons. The van der Waals surface area contributed by atoms with Gasteiger partial charge in [-0.15, -0.1) is 0 Å². The van der Waals surface area contributed by atoms with E-state index in [0.717, 1.165) is 55.0 Å². The van der Waals surface area contributed by atoms with Crippen molar-refractivity contribution in [3.8, 4) is 0 Å². The Bertz CT molecular complexity index is 920. The van der Waals surface area contributed by atoms with Gasteiger partial charge in [-0.2, -0.15) is 5.10 Å². The number of carbonyl (C=O) groups is 1. The number of anilines is 1. The Morgan fingerprint density at radius 3 is 2.93 bits per heavy atom. The van der Waals surface area contributed by atoms with Crippen LogP contribution in [0.2, 0.25) is 0 Å². The first-order chi connectivity index (χ1) is 13.6. The van der Waals surface area contributed by atoms with E-state index in [4.69, 9.17) is 4.74 Å². The molecular weight excluding hydrogens is 358 g/mol. The monoisotopic (exact) mass is 383 g/mol. The summed E-state index contributed by atoms with van der Waals surface area (Å²) >= 11 is 0. The number of aryl methyl sites for hydroxylation is 2. The molecule has 1 amide bonds. The number of ether oxygens (including phenoxy) is 1. The summed E-state index contributed by atoms with van der Waals surface area (Å²) in [5, 5.41) is 7.33. The first kappa shape index (κ1) is 18.6. The van der Waals surface area contributed by atoms with E-state index in [2.05, 4.69) is 20.3 Å². The Hall–Kier alpha value is -2.74. The molecule has 1 fully saturated rings. The van der Waals surface area contributed by atoms with Crippen molar-refractivity contribution in [3.05, 3.63) is 51.6 Å². The molecule has 0 saturated carbocycles. The number of morpholine rings is 1. The highest BCUT2D eigenvalue weighted by Gasteiger charge is 2.21. The number of carbonyl (C=O) groups excluding carboxylic acids is 1. The molecule has 1 aliphatic carbocycles. The van der Waals surface area contributed by atoms with Gasteiger partial charge in [0.1, 0.15) is 11.9 Å². The van der Waals surface area contributed by atoms with Crippen LogP contribution in [0.5, 0.6) is 0 Å². The summed E-state index contributed by atoms with van der Waals surface area (Å²) in [6, 6.07) is 4.83. The summed E-state index contributed by atoms with van der Waals surface area (Å²) in [4.78, 5) is 31.5. The van der Waals surface area contributed by atoms with Crippen LogP contribution in [0.15, 0.2) is 29.2 Å². The van der Waals surface area contributed by atoms with Crippen molar-refractivity contribution < 1.29 is 9.53 Å². The molecule has 0 bridgehead atoms. The maximum Gasteiger partial charge on any atom is 0.267 e. The molecule has 2 aliphatic rings.